The van der Waals surface area contributed by atoms with Crippen molar-refractivity contribution in [1.29, 1.82) is 0 Å². The van der Waals surface area contributed by atoms with Gasteiger partial charge in [0.25, 0.3) is 5.91 Å². The van der Waals surface area contributed by atoms with Gasteiger partial charge >= 0.3 is 0 Å². The Kier molecular flexibility index (Phi) is 4.93. The highest BCUT2D eigenvalue weighted by Gasteiger charge is 2.42. The summed E-state index contributed by atoms with van der Waals surface area (Å²) in [6.07, 6.45) is 4.38. The first-order valence-electron chi connectivity index (χ1n) is 9.93. The van der Waals surface area contributed by atoms with Gasteiger partial charge in [-0.25, -0.2) is 4.98 Å². The lowest BCUT2D eigenvalue weighted by molar-refractivity contribution is -0.134. The number of carbonyl (C=O) groups excluding carboxylic acids is 2. The van der Waals surface area contributed by atoms with Crippen LogP contribution < -0.4 is 10.6 Å². The fourth-order valence-corrected chi connectivity index (χ4v) is 4.28. The Hall–Kier alpha value is -2.67. The molecule has 2 amide bonds. The Morgan fingerprint density at radius 2 is 1.93 bits per heavy atom. The molecule has 1 aromatic carbocycles. The van der Waals surface area contributed by atoms with Gasteiger partial charge < -0.3 is 20.5 Å². The monoisotopic (exact) mass is 381 g/mol. The Morgan fingerprint density at radius 1 is 1.21 bits per heavy atom. The van der Waals surface area contributed by atoms with E-state index in [4.69, 9.17) is 0 Å². The van der Waals surface area contributed by atoms with E-state index in [9.17, 15) is 9.59 Å². The van der Waals surface area contributed by atoms with Gasteiger partial charge in [-0.3, -0.25) is 9.59 Å². The average Bonchev–Trinajstić information content (AvgIpc) is 3.19. The number of fused-ring (bicyclic) bond motifs is 2. The van der Waals surface area contributed by atoms with Gasteiger partial charge in [0.15, 0.2) is 0 Å². The molecule has 148 valence electrons. The molecule has 0 unspecified atom stereocenters. The average molecular weight is 381 g/mol. The Balaban J connectivity index is 1.36. The summed E-state index contributed by atoms with van der Waals surface area (Å²) in [7, 11) is 0. The first-order valence-corrected chi connectivity index (χ1v) is 9.93. The molecular weight excluding hydrogens is 354 g/mol. The minimum absolute atomic E-state index is 0.0339. The summed E-state index contributed by atoms with van der Waals surface area (Å²) in [5, 5.41) is 6.47. The number of aromatic nitrogens is 2. The fourth-order valence-electron chi connectivity index (χ4n) is 4.28. The molecule has 28 heavy (non-hydrogen) atoms. The van der Waals surface area contributed by atoms with E-state index in [1.165, 1.54) is 5.69 Å². The van der Waals surface area contributed by atoms with E-state index in [0.717, 1.165) is 37.1 Å². The standard InChI is InChI=1S/C21H27N5O2/c1-14-3-5-16(6-4-14)19(27)25-15(2)20(28)26-11-8-21(9-12-26)18-17(7-10-24-21)22-13-23-18/h3-6,13,15,24H,7-12H2,1-2H3,(H,22,23)(H,25,27)/t15-/m0/s1. The molecule has 2 aliphatic rings. The molecule has 0 saturated carbocycles. The molecule has 1 atom stereocenters. The van der Waals surface area contributed by atoms with E-state index in [0.29, 0.717) is 18.7 Å². The van der Waals surface area contributed by atoms with Crippen molar-refractivity contribution >= 4 is 11.8 Å². The number of benzene rings is 1. The number of likely N-dealkylation sites (tertiary alicyclic amines) is 1. The highest BCUT2D eigenvalue weighted by molar-refractivity contribution is 5.97. The number of nitrogens with one attached hydrogen (secondary N) is 3. The zero-order chi connectivity index (χ0) is 19.7. The first-order chi connectivity index (χ1) is 13.5. The van der Waals surface area contributed by atoms with Crippen LogP contribution in [0.5, 0.6) is 0 Å². The molecule has 3 heterocycles. The molecule has 0 bridgehead atoms. The van der Waals surface area contributed by atoms with Crippen LogP contribution in [-0.4, -0.2) is 52.4 Å². The Bertz CT molecular complexity index is 865. The third kappa shape index (κ3) is 3.42. The molecule has 1 fully saturated rings. The van der Waals surface area contributed by atoms with E-state index >= 15 is 0 Å². The topological polar surface area (TPSA) is 90.1 Å². The summed E-state index contributed by atoms with van der Waals surface area (Å²) in [4.78, 5) is 34.9. The number of rotatable bonds is 3. The van der Waals surface area contributed by atoms with Gasteiger partial charge in [0, 0.05) is 37.3 Å². The van der Waals surface area contributed by atoms with Gasteiger partial charge in [0.2, 0.25) is 5.91 Å². The number of amides is 2. The van der Waals surface area contributed by atoms with Crippen LogP contribution in [0.3, 0.4) is 0 Å². The molecule has 1 saturated heterocycles. The Labute approximate surface area is 164 Å². The zero-order valence-corrected chi connectivity index (χ0v) is 16.4. The number of carbonyl (C=O) groups is 2. The number of hydrogen-bond acceptors (Lipinski definition) is 4. The highest BCUT2D eigenvalue weighted by Crippen LogP contribution is 2.35. The van der Waals surface area contributed by atoms with Crippen LogP contribution in [0.15, 0.2) is 30.6 Å². The van der Waals surface area contributed by atoms with Crippen molar-refractivity contribution in [2.45, 2.75) is 44.7 Å². The number of H-pyrrole nitrogens is 1. The largest absolute Gasteiger partial charge is 0.348 e. The maximum atomic E-state index is 12.9. The molecule has 0 radical (unpaired) electrons. The number of aromatic amines is 1. The highest BCUT2D eigenvalue weighted by atomic mass is 16.2. The third-order valence-electron chi connectivity index (χ3n) is 5.97. The van der Waals surface area contributed by atoms with Crippen molar-refractivity contribution in [3.63, 3.8) is 0 Å². The van der Waals surface area contributed by atoms with Gasteiger partial charge in [0.05, 0.1) is 17.6 Å². The molecule has 2 aliphatic heterocycles. The van der Waals surface area contributed by atoms with Crippen molar-refractivity contribution in [1.82, 2.24) is 25.5 Å². The molecule has 4 rings (SSSR count). The fraction of sp³-hybridized carbons (Fsp3) is 0.476. The summed E-state index contributed by atoms with van der Waals surface area (Å²) in [5.74, 6) is -0.252. The number of hydrogen-bond donors (Lipinski definition) is 3. The summed E-state index contributed by atoms with van der Waals surface area (Å²) < 4.78 is 0. The van der Waals surface area contributed by atoms with Gasteiger partial charge in [-0.15, -0.1) is 0 Å². The molecule has 1 aromatic heterocycles. The first kappa shape index (κ1) is 18.7. The van der Waals surface area contributed by atoms with E-state index in [2.05, 4.69) is 20.6 Å². The van der Waals surface area contributed by atoms with Gasteiger partial charge in [-0.05, 0) is 38.8 Å². The molecule has 1 spiro atoms. The maximum Gasteiger partial charge on any atom is 0.251 e. The lowest BCUT2D eigenvalue weighted by Crippen LogP contribution is -2.57. The van der Waals surface area contributed by atoms with Crippen LogP contribution >= 0.6 is 0 Å². The van der Waals surface area contributed by atoms with Crippen LogP contribution in [0.2, 0.25) is 0 Å². The van der Waals surface area contributed by atoms with Gasteiger partial charge in [-0.2, -0.15) is 0 Å². The number of piperidine rings is 1. The molecule has 2 aromatic rings. The van der Waals surface area contributed by atoms with Crippen LogP contribution in [-0.2, 0) is 16.8 Å². The van der Waals surface area contributed by atoms with Crippen molar-refractivity contribution in [3.8, 4) is 0 Å². The zero-order valence-electron chi connectivity index (χ0n) is 16.4. The third-order valence-corrected chi connectivity index (χ3v) is 5.97. The van der Waals surface area contributed by atoms with E-state index in [-0.39, 0.29) is 17.4 Å². The van der Waals surface area contributed by atoms with Crippen LogP contribution in [0.1, 0.15) is 47.1 Å². The molecule has 7 nitrogen and oxygen atoms in total. The lowest BCUT2D eigenvalue weighted by atomic mass is 9.80. The van der Waals surface area contributed by atoms with E-state index in [1.807, 2.05) is 24.0 Å². The van der Waals surface area contributed by atoms with Crippen molar-refractivity contribution in [2.75, 3.05) is 19.6 Å². The van der Waals surface area contributed by atoms with Crippen molar-refractivity contribution < 1.29 is 9.59 Å². The predicted molar refractivity (Wildman–Crippen MR) is 106 cm³/mol. The second kappa shape index (κ2) is 7.39. The number of nitrogens with zero attached hydrogens (tertiary/aromatic N) is 2. The van der Waals surface area contributed by atoms with Crippen LogP contribution in [0.4, 0.5) is 0 Å². The normalized spacial score (nSPS) is 19.1. The molecule has 0 aliphatic carbocycles. The summed E-state index contributed by atoms with van der Waals surface area (Å²) in [6, 6.07) is 6.80. The maximum absolute atomic E-state index is 12.9. The number of aryl methyl sites for hydroxylation is 1. The molecular formula is C21H27N5O2. The SMILES string of the molecule is Cc1ccc(C(=O)N[C@@H](C)C(=O)N2CCC3(CC2)NCCc2[nH]cnc23)cc1. The molecule has 7 heteroatoms. The van der Waals surface area contributed by atoms with E-state index in [1.54, 1.807) is 25.4 Å². The minimum atomic E-state index is -0.553. The van der Waals surface area contributed by atoms with Crippen LogP contribution in [0, 0.1) is 6.92 Å². The summed E-state index contributed by atoms with van der Waals surface area (Å²) >= 11 is 0. The second-order valence-corrected chi connectivity index (χ2v) is 7.88. The molecule has 3 N–H and O–H groups in total. The van der Waals surface area contributed by atoms with Crippen molar-refractivity contribution in [2.24, 2.45) is 0 Å². The number of imidazole rings is 1. The second-order valence-electron chi connectivity index (χ2n) is 7.88. The Morgan fingerprint density at radius 3 is 2.64 bits per heavy atom. The van der Waals surface area contributed by atoms with Crippen molar-refractivity contribution in [3.05, 3.63) is 53.1 Å². The smallest absolute Gasteiger partial charge is 0.251 e. The van der Waals surface area contributed by atoms with Gasteiger partial charge in [-0.1, -0.05) is 17.7 Å². The summed E-state index contributed by atoms with van der Waals surface area (Å²) in [5.41, 5.74) is 3.84. The summed E-state index contributed by atoms with van der Waals surface area (Å²) in [6.45, 7) is 5.96. The minimum Gasteiger partial charge on any atom is -0.348 e. The quantitative estimate of drug-likeness (QED) is 0.752. The van der Waals surface area contributed by atoms with Crippen LogP contribution in [0.25, 0.3) is 0 Å². The van der Waals surface area contributed by atoms with Gasteiger partial charge in [0.1, 0.15) is 6.04 Å². The van der Waals surface area contributed by atoms with E-state index < -0.39 is 6.04 Å². The lowest BCUT2D eigenvalue weighted by Gasteiger charge is -2.44. The predicted octanol–water partition coefficient (Wildman–Crippen LogP) is 1.50.